The number of rotatable bonds is 4. The van der Waals surface area contributed by atoms with Crippen LogP contribution in [0.3, 0.4) is 0 Å². The fourth-order valence-electron chi connectivity index (χ4n) is 1.70. The van der Waals surface area contributed by atoms with Crippen molar-refractivity contribution < 1.29 is 9.31 Å². The molecule has 0 radical (unpaired) electrons. The zero-order valence-electron chi connectivity index (χ0n) is 11.1. The highest BCUT2D eigenvalue weighted by Crippen LogP contribution is 2.32. The molecule has 1 aromatic carbocycles. The van der Waals surface area contributed by atoms with Crippen molar-refractivity contribution in [2.45, 2.75) is 6.92 Å². The van der Waals surface area contributed by atoms with Crippen LogP contribution in [0.5, 0.6) is 0 Å². The molecule has 1 aromatic heterocycles. The molecule has 0 unspecified atom stereocenters. The van der Waals surface area contributed by atoms with Gasteiger partial charge in [0.25, 0.3) is 0 Å². The number of nitro groups is 1. The number of hydrogen-bond acceptors (Lipinski definition) is 6. The van der Waals surface area contributed by atoms with E-state index in [1.54, 1.807) is 7.05 Å². The molecule has 0 fully saturated rings. The lowest BCUT2D eigenvalue weighted by molar-refractivity contribution is -0.385. The molecule has 0 saturated heterocycles. The Bertz CT molecular complexity index is 710. The van der Waals surface area contributed by atoms with E-state index in [-0.39, 0.29) is 28.2 Å². The zero-order chi connectivity index (χ0) is 15.6. The number of anilines is 3. The van der Waals surface area contributed by atoms with Crippen LogP contribution >= 0.6 is 11.6 Å². The lowest BCUT2D eigenvalue weighted by atomic mass is 10.3. The molecule has 110 valence electrons. The van der Waals surface area contributed by atoms with Crippen LogP contribution in [0.1, 0.15) is 5.69 Å². The molecule has 0 spiro atoms. The quantitative estimate of drug-likeness (QED) is 0.665. The monoisotopic (exact) mass is 311 g/mol. The topological polar surface area (TPSA) is 93.0 Å². The van der Waals surface area contributed by atoms with Gasteiger partial charge in [-0.05, 0) is 25.1 Å². The van der Waals surface area contributed by atoms with E-state index in [1.807, 2.05) is 0 Å². The maximum atomic E-state index is 13.0. The summed E-state index contributed by atoms with van der Waals surface area (Å²) in [6.45, 7) is 1.50. The van der Waals surface area contributed by atoms with E-state index in [4.69, 9.17) is 11.6 Å². The van der Waals surface area contributed by atoms with Crippen molar-refractivity contribution in [1.82, 2.24) is 9.97 Å². The average molecular weight is 312 g/mol. The first-order valence-electron chi connectivity index (χ1n) is 5.85. The van der Waals surface area contributed by atoms with Gasteiger partial charge in [0, 0.05) is 7.05 Å². The largest absolute Gasteiger partial charge is 0.357 e. The molecule has 0 atom stereocenters. The molecular weight excluding hydrogens is 301 g/mol. The van der Waals surface area contributed by atoms with E-state index in [9.17, 15) is 14.5 Å². The maximum absolute atomic E-state index is 13.0. The molecule has 21 heavy (non-hydrogen) atoms. The number of benzene rings is 1. The normalized spacial score (nSPS) is 10.3. The SMILES string of the molecule is CNc1nc(C)c([N+](=O)[O-])c(Nc2ccc(F)cc2Cl)n1. The van der Waals surface area contributed by atoms with Crippen LogP contribution < -0.4 is 10.6 Å². The molecule has 2 N–H and O–H groups in total. The molecule has 0 saturated carbocycles. The minimum absolute atomic E-state index is 0.0228. The molecule has 0 aliphatic rings. The summed E-state index contributed by atoms with van der Waals surface area (Å²) in [5.41, 5.74) is 0.232. The summed E-state index contributed by atoms with van der Waals surface area (Å²) in [6.07, 6.45) is 0. The van der Waals surface area contributed by atoms with E-state index in [1.165, 1.54) is 19.1 Å². The molecule has 0 aliphatic heterocycles. The fourth-order valence-corrected chi connectivity index (χ4v) is 1.92. The first-order chi connectivity index (χ1) is 9.92. The Morgan fingerprint density at radius 2 is 2.10 bits per heavy atom. The molecule has 0 aliphatic carbocycles. The predicted octanol–water partition coefficient (Wildman–Crippen LogP) is 3.27. The number of hydrogen-bond donors (Lipinski definition) is 2. The maximum Gasteiger partial charge on any atom is 0.332 e. The van der Waals surface area contributed by atoms with E-state index >= 15 is 0 Å². The zero-order valence-corrected chi connectivity index (χ0v) is 11.9. The molecule has 7 nitrogen and oxygen atoms in total. The van der Waals surface area contributed by atoms with E-state index in [0.29, 0.717) is 5.69 Å². The highest BCUT2D eigenvalue weighted by molar-refractivity contribution is 6.33. The summed E-state index contributed by atoms with van der Waals surface area (Å²) in [5.74, 6) is -0.306. The van der Waals surface area contributed by atoms with E-state index in [2.05, 4.69) is 20.6 Å². The lowest BCUT2D eigenvalue weighted by Gasteiger charge is -2.10. The number of halogens is 2. The second-order valence-electron chi connectivity index (χ2n) is 4.09. The summed E-state index contributed by atoms with van der Waals surface area (Å²) >= 11 is 5.89. The molecular formula is C12H11ClFN5O2. The van der Waals surface area contributed by atoms with Crippen LogP contribution in [-0.4, -0.2) is 21.9 Å². The Morgan fingerprint density at radius 1 is 1.38 bits per heavy atom. The fraction of sp³-hybridized carbons (Fsp3) is 0.167. The molecule has 0 bridgehead atoms. The van der Waals surface area contributed by atoms with Gasteiger partial charge in [-0.25, -0.2) is 9.37 Å². The Kier molecular flexibility index (Phi) is 4.18. The van der Waals surface area contributed by atoms with Crippen LogP contribution in [-0.2, 0) is 0 Å². The Balaban J connectivity index is 2.51. The lowest BCUT2D eigenvalue weighted by Crippen LogP contribution is -2.07. The first kappa shape index (κ1) is 14.9. The smallest absolute Gasteiger partial charge is 0.332 e. The van der Waals surface area contributed by atoms with Gasteiger partial charge in [0.1, 0.15) is 11.5 Å². The van der Waals surface area contributed by atoms with Gasteiger partial charge < -0.3 is 10.6 Å². The average Bonchev–Trinajstić information content (AvgIpc) is 2.40. The van der Waals surface area contributed by atoms with Gasteiger partial charge in [-0.1, -0.05) is 11.6 Å². The van der Waals surface area contributed by atoms with Crippen molar-refractivity contribution in [3.05, 3.63) is 44.8 Å². The summed E-state index contributed by atoms with van der Waals surface area (Å²) in [6, 6.07) is 3.66. The van der Waals surface area contributed by atoms with Crippen molar-refractivity contribution in [3.8, 4) is 0 Å². The Morgan fingerprint density at radius 3 is 2.67 bits per heavy atom. The number of nitrogens with zero attached hydrogens (tertiary/aromatic N) is 3. The van der Waals surface area contributed by atoms with Gasteiger partial charge in [0.05, 0.1) is 15.6 Å². The van der Waals surface area contributed by atoms with Crippen molar-refractivity contribution in [2.75, 3.05) is 17.7 Å². The minimum atomic E-state index is -0.589. The van der Waals surface area contributed by atoms with Gasteiger partial charge in [0.15, 0.2) is 0 Å². The standard InChI is InChI=1S/C12H11ClFN5O2/c1-6-10(19(20)21)11(18-12(15-2)16-6)17-9-4-3-7(14)5-8(9)13/h3-5H,1-2H3,(H2,15,16,17,18). The third-order valence-electron chi connectivity index (χ3n) is 2.65. The van der Waals surface area contributed by atoms with Gasteiger partial charge in [-0.15, -0.1) is 0 Å². The van der Waals surface area contributed by atoms with Crippen LogP contribution in [0, 0.1) is 22.9 Å². The van der Waals surface area contributed by atoms with Gasteiger partial charge in [-0.2, -0.15) is 4.98 Å². The predicted molar refractivity (Wildman–Crippen MR) is 77.7 cm³/mol. The van der Waals surface area contributed by atoms with Crippen LogP contribution in [0.15, 0.2) is 18.2 Å². The molecule has 2 aromatic rings. The second kappa shape index (κ2) is 5.88. The second-order valence-corrected chi connectivity index (χ2v) is 4.49. The van der Waals surface area contributed by atoms with Gasteiger partial charge in [0.2, 0.25) is 11.8 Å². The van der Waals surface area contributed by atoms with Crippen LogP contribution in [0.2, 0.25) is 5.02 Å². The molecule has 0 amide bonds. The number of aromatic nitrogens is 2. The summed E-state index contributed by atoms with van der Waals surface area (Å²) in [4.78, 5) is 18.5. The Hall–Kier alpha value is -2.48. The van der Waals surface area contributed by atoms with Crippen molar-refractivity contribution >= 4 is 34.7 Å². The van der Waals surface area contributed by atoms with Gasteiger partial charge >= 0.3 is 5.69 Å². The Labute approximate surface area is 124 Å². The van der Waals surface area contributed by atoms with Crippen LogP contribution in [0.25, 0.3) is 0 Å². The number of aryl methyl sites for hydroxylation is 1. The van der Waals surface area contributed by atoms with E-state index in [0.717, 1.165) is 6.07 Å². The minimum Gasteiger partial charge on any atom is -0.357 e. The highest BCUT2D eigenvalue weighted by atomic mass is 35.5. The molecule has 1 heterocycles. The van der Waals surface area contributed by atoms with Crippen molar-refractivity contribution in [2.24, 2.45) is 0 Å². The summed E-state index contributed by atoms with van der Waals surface area (Å²) in [7, 11) is 1.59. The van der Waals surface area contributed by atoms with E-state index < -0.39 is 10.7 Å². The van der Waals surface area contributed by atoms with Crippen LogP contribution in [0.4, 0.5) is 27.5 Å². The van der Waals surface area contributed by atoms with Gasteiger partial charge in [-0.3, -0.25) is 10.1 Å². The number of nitrogens with one attached hydrogen (secondary N) is 2. The van der Waals surface area contributed by atoms with Crippen molar-refractivity contribution in [1.29, 1.82) is 0 Å². The molecule has 2 rings (SSSR count). The highest BCUT2D eigenvalue weighted by Gasteiger charge is 2.22. The molecule has 9 heteroatoms. The summed E-state index contributed by atoms with van der Waals surface area (Å²) in [5, 5.41) is 16.7. The third kappa shape index (κ3) is 3.16. The first-order valence-corrected chi connectivity index (χ1v) is 6.23. The van der Waals surface area contributed by atoms with Crippen molar-refractivity contribution in [3.63, 3.8) is 0 Å². The third-order valence-corrected chi connectivity index (χ3v) is 2.96. The summed E-state index contributed by atoms with van der Waals surface area (Å²) < 4.78 is 13.0.